The van der Waals surface area contributed by atoms with Gasteiger partial charge in [0.2, 0.25) is 0 Å². The van der Waals surface area contributed by atoms with Gasteiger partial charge in [-0.15, -0.1) is 46.7 Å². The molecule has 0 saturated heterocycles. The van der Waals surface area contributed by atoms with Crippen LogP contribution in [0.25, 0.3) is 11.3 Å². The lowest BCUT2D eigenvalue weighted by molar-refractivity contribution is 0.813. The van der Waals surface area contributed by atoms with Crippen LogP contribution in [0.5, 0.6) is 0 Å². The van der Waals surface area contributed by atoms with Crippen LogP contribution < -0.4 is 10.6 Å². The maximum Gasteiger partial charge on any atom is 0.191 e. The van der Waals surface area contributed by atoms with E-state index in [0.717, 1.165) is 28.8 Å². The van der Waals surface area contributed by atoms with Crippen LogP contribution >= 0.6 is 46.7 Å². The van der Waals surface area contributed by atoms with Gasteiger partial charge in [-0.3, -0.25) is 0 Å². The highest BCUT2D eigenvalue weighted by atomic mass is 127. The number of aliphatic imine (C=N–C) groups is 1. The molecule has 0 fully saturated rings. The molecule has 0 atom stereocenters. The average molecular weight is 498 g/mol. The van der Waals surface area contributed by atoms with Crippen molar-refractivity contribution in [2.24, 2.45) is 4.99 Å². The summed E-state index contributed by atoms with van der Waals surface area (Å²) in [6.45, 7) is 6.40. The van der Waals surface area contributed by atoms with Gasteiger partial charge in [-0.1, -0.05) is 30.3 Å². The van der Waals surface area contributed by atoms with Crippen molar-refractivity contribution in [2.45, 2.75) is 26.9 Å². The fourth-order valence-electron chi connectivity index (χ4n) is 2.36. The van der Waals surface area contributed by atoms with Crippen molar-refractivity contribution in [1.82, 2.24) is 15.6 Å². The van der Waals surface area contributed by atoms with Crippen molar-refractivity contribution in [3.05, 3.63) is 62.6 Å². The summed E-state index contributed by atoms with van der Waals surface area (Å²) in [4.78, 5) is 12.0. The highest BCUT2D eigenvalue weighted by Gasteiger charge is 2.05. The summed E-state index contributed by atoms with van der Waals surface area (Å²) in [6, 6.07) is 14.5. The molecule has 26 heavy (non-hydrogen) atoms. The Balaban J connectivity index is 0.00000243. The topological polar surface area (TPSA) is 49.3 Å². The molecule has 0 amide bonds. The lowest BCUT2D eigenvalue weighted by Crippen LogP contribution is -2.36. The highest BCUT2D eigenvalue weighted by Crippen LogP contribution is 2.21. The van der Waals surface area contributed by atoms with Crippen LogP contribution in [-0.4, -0.2) is 17.5 Å². The highest BCUT2D eigenvalue weighted by molar-refractivity contribution is 14.0. The van der Waals surface area contributed by atoms with E-state index in [9.17, 15) is 0 Å². The Labute approximate surface area is 179 Å². The smallest absolute Gasteiger partial charge is 0.191 e. The summed E-state index contributed by atoms with van der Waals surface area (Å²) in [6.07, 6.45) is 0. The van der Waals surface area contributed by atoms with E-state index in [0.29, 0.717) is 13.1 Å². The second-order valence-electron chi connectivity index (χ2n) is 5.55. The monoisotopic (exact) mass is 498 g/mol. The largest absolute Gasteiger partial charge is 0.357 e. The third-order valence-electron chi connectivity index (χ3n) is 3.56. The van der Waals surface area contributed by atoms with Crippen LogP contribution in [0.15, 0.2) is 52.8 Å². The zero-order valence-electron chi connectivity index (χ0n) is 14.9. The number of thiazole rings is 1. The number of nitrogens with zero attached hydrogens (tertiary/aromatic N) is 2. The van der Waals surface area contributed by atoms with Crippen molar-refractivity contribution in [1.29, 1.82) is 0 Å². The minimum atomic E-state index is 0. The molecule has 3 aromatic rings. The number of hydrogen-bond acceptors (Lipinski definition) is 4. The Morgan fingerprint density at radius 3 is 2.62 bits per heavy atom. The second-order valence-corrected chi connectivity index (χ2v) is 7.87. The summed E-state index contributed by atoms with van der Waals surface area (Å²) >= 11 is 3.46. The first-order valence-corrected chi connectivity index (χ1v) is 10.0. The Bertz CT molecular complexity index is 827. The molecule has 0 aliphatic rings. The minimum Gasteiger partial charge on any atom is -0.357 e. The molecular weight excluding hydrogens is 475 g/mol. The quantitative estimate of drug-likeness (QED) is 0.284. The summed E-state index contributed by atoms with van der Waals surface area (Å²) in [7, 11) is 0. The molecule has 3 rings (SSSR count). The first kappa shape index (κ1) is 20.9. The van der Waals surface area contributed by atoms with Gasteiger partial charge in [0, 0.05) is 27.2 Å². The lowest BCUT2D eigenvalue weighted by atomic mass is 10.2. The second kappa shape index (κ2) is 10.6. The van der Waals surface area contributed by atoms with Gasteiger partial charge in [-0.2, -0.15) is 0 Å². The zero-order valence-corrected chi connectivity index (χ0v) is 18.8. The molecule has 0 unspecified atom stereocenters. The van der Waals surface area contributed by atoms with Crippen molar-refractivity contribution in [2.75, 3.05) is 6.54 Å². The molecule has 0 bridgehead atoms. The summed E-state index contributed by atoms with van der Waals surface area (Å²) in [5.41, 5.74) is 2.18. The number of benzene rings is 1. The molecule has 2 heterocycles. The molecule has 0 radical (unpaired) electrons. The number of thiophene rings is 1. The molecule has 138 valence electrons. The minimum absolute atomic E-state index is 0. The van der Waals surface area contributed by atoms with Gasteiger partial charge in [-0.05, 0) is 26.0 Å². The summed E-state index contributed by atoms with van der Waals surface area (Å²) in [5, 5.41) is 9.81. The van der Waals surface area contributed by atoms with E-state index in [1.54, 1.807) is 22.7 Å². The van der Waals surface area contributed by atoms with Crippen LogP contribution in [0.1, 0.15) is 21.7 Å². The number of guanidine groups is 1. The van der Waals surface area contributed by atoms with Gasteiger partial charge in [-0.25, -0.2) is 9.98 Å². The average Bonchev–Trinajstić information content (AvgIpc) is 3.27. The molecule has 2 N–H and O–H groups in total. The Morgan fingerprint density at radius 1 is 1.12 bits per heavy atom. The van der Waals surface area contributed by atoms with Crippen LogP contribution in [0.3, 0.4) is 0 Å². The normalized spacial score (nSPS) is 11.1. The van der Waals surface area contributed by atoms with E-state index in [2.05, 4.69) is 59.1 Å². The first-order valence-electron chi connectivity index (χ1n) is 8.32. The number of rotatable bonds is 6. The van der Waals surface area contributed by atoms with Gasteiger partial charge in [0.15, 0.2) is 5.96 Å². The van der Waals surface area contributed by atoms with E-state index in [4.69, 9.17) is 4.98 Å². The predicted octanol–water partition coefficient (Wildman–Crippen LogP) is 5.05. The molecule has 0 spiro atoms. The maximum atomic E-state index is 4.71. The predicted molar refractivity (Wildman–Crippen MR) is 124 cm³/mol. The molecule has 1 aromatic carbocycles. The number of nitrogens with one attached hydrogen (secondary N) is 2. The van der Waals surface area contributed by atoms with Crippen molar-refractivity contribution in [3.8, 4) is 11.3 Å². The fraction of sp³-hybridized carbons (Fsp3) is 0.263. The van der Waals surface area contributed by atoms with Gasteiger partial charge in [0.25, 0.3) is 0 Å². The van der Waals surface area contributed by atoms with Crippen LogP contribution in [0, 0.1) is 6.92 Å². The van der Waals surface area contributed by atoms with E-state index in [1.807, 2.05) is 18.2 Å². The van der Waals surface area contributed by atoms with Crippen molar-refractivity contribution in [3.63, 3.8) is 0 Å². The molecule has 7 heteroatoms. The molecule has 0 aliphatic heterocycles. The Kier molecular flexibility index (Phi) is 8.53. The molecular formula is C19H23IN4S2. The van der Waals surface area contributed by atoms with E-state index >= 15 is 0 Å². The van der Waals surface area contributed by atoms with Gasteiger partial charge in [0.1, 0.15) is 5.01 Å². The van der Waals surface area contributed by atoms with E-state index in [-0.39, 0.29) is 24.0 Å². The third kappa shape index (κ3) is 6.07. The summed E-state index contributed by atoms with van der Waals surface area (Å²) in [5.74, 6) is 0.824. The molecule has 0 saturated carbocycles. The fourth-order valence-corrected chi connectivity index (χ4v) is 3.92. The number of aromatic nitrogens is 1. The van der Waals surface area contributed by atoms with Crippen molar-refractivity contribution < 1.29 is 0 Å². The SMILES string of the molecule is CCNC(=NCc1ccc(C)s1)NCc1nc(-c2ccccc2)cs1.I. The molecule has 0 aliphatic carbocycles. The molecule has 4 nitrogen and oxygen atoms in total. The Morgan fingerprint density at radius 2 is 1.92 bits per heavy atom. The first-order chi connectivity index (χ1) is 12.2. The van der Waals surface area contributed by atoms with Crippen LogP contribution in [0.2, 0.25) is 0 Å². The van der Waals surface area contributed by atoms with Crippen molar-refractivity contribution >= 4 is 52.6 Å². The maximum absolute atomic E-state index is 4.71. The lowest BCUT2D eigenvalue weighted by Gasteiger charge is -2.09. The number of aryl methyl sites for hydroxylation is 1. The standard InChI is InChI=1S/C19H22N4S2.HI/c1-3-20-19(21-11-16-10-9-14(2)25-16)22-12-18-23-17(13-24-18)15-7-5-4-6-8-15;/h4-10,13H,3,11-12H2,1-2H3,(H2,20,21,22);1H. The van der Waals surface area contributed by atoms with E-state index in [1.165, 1.54) is 9.75 Å². The number of halogens is 1. The number of hydrogen-bond donors (Lipinski definition) is 2. The zero-order chi connectivity index (χ0) is 17.5. The van der Waals surface area contributed by atoms with Crippen LogP contribution in [-0.2, 0) is 13.1 Å². The van der Waals surface area contributed by atoms with Gasteiger partial charge in [0.05, 0.1) is 18.8 Å². The Hall–Kier alpha value is -1.45. The third-order valence-corrected chi connectivity index (χ3v) is 5.40. The van der Waals surface area contributed by atoms with E-state index < -0.39 is 0 Å². The van der Waals surface area contributed by atoms with Gasteiger partial charge < -0.3 is 10.6 Å². The van der Waals surface area contributed by atoms with Crippen LogP contribution in [0.4, 0.5) is 0 Å². The van der Waals surface area contributed by atoms with Gasteiger partial charge >= 0.3 is 0 Å². The molecule has 2 aromatic heterocycles. The summed E-state index contributed by atoms with van der Waals surface area (Å²) < 4.78 is 0.